The van der Waals surface area contributed by atoms with Crippen LogP contribution in [0.5, 0.6) is 5.75 Å². The van der Waals surface area contributed by atoms with Crippen molar-refractivity contribution in [2.24, 2.45) is 0 Å². The molecule has 0 spiro atoms. The number of phenols is 1. The molecule has 0 radical (unpaired) electrons. The molecule has 28 heavy (non-hydrogen) atoms. The molecular weight excluding hydrogens is 403 g/mol. The fourth-order valence-corrected chi connectivity index (χ4v) is 3.16. The molecule has 3 rings (SSSR count). The molecule has 3 amide bonds. The topological polar surface area (TPSA) is 84.9 Å². The van der Waals surface area contributed by atoms with Crippen LogP contribution < -0.4 is 15.5 Å². The quantitative estimate of drug-likeness (QED) is 0.660. The monoisotopic (exact) mass is 422 g/mol. The van der Waals surface area contributed by atoms with Crippen LogP contribution in [0.25, 0.3) is 0 Å². The third kappa shape index (κ3) is 5.21. The van der Waals surface area contributed by atoms with E-state index in [9.17, 15) is 14.7 Å². The maximum atomic E-state index is 12.3. The number of rotatable bonds is 4. The molecule has 148 valence electrons. The lowest BCUT2D eigenvalue weighted by molar-refractivity contribution is -0.115. The van der Waals surface area contributed by atoms with E-state index in [4.69, 9.17) is 23.2 Å². The number of piperazine rings is 1. The second-order valence-electron chi connectivity index (χ2n) is 6.33. The Hall–Kier alpha value is -2.64. The molecule has 0 atom stereocenters. The largest absolute Gasteiger partial charge is 0.508 e. The van der Waals surface area contributed by atoms with Gasteiger partial charge in [0.15, 0.2) is 0 Å². The smallest absolute Gasteiger partial charge is 0.317 e. The second-order valence-corrected chi connectivity index (χ2v) is 7.14. The van der Waals surface area contributed by atoms with Gasteiger partial charge in [-0.25, -0.2) is 4.79 Å². The van der Waals surface area contributed by atoms with Gasteiger partial charge in [0.1, 0.15) is 5.75 Å². The van der Waals surface area contributed by atoms with Gasteiger partial charge in [0, 0.05) is 37.6 Å². The van der Waals surface area contributed by atoms with Crippen LogP contribution in [0.3, 0.4) is 0 Å². The highest BCUT2D eigenvalue weighted by molar-refractivity contribution is 6.42. The molecule has 2 aromatic rings. The molecule has 0 saturated carbocycles. The van der Waals surface area contributed by atoms with Gasteiger partial charge < -0.3 is 25.5 Å². The first-order valence-corrected chi connectivity index (χ1v) is 9.49. The third-order valence-electron chi connectivity index (χ3n) is 4.39. The zero-order valence-corrected chi connectivity index (χ0v) is 16.5. The fraction of sp³-hybridized carbons (Fsp3) is 0.263. The number of urea groups is 1. The first-order chi connectivity index (χ1) is 13.4. The van der Waals surface area contributed by atoms with Crippen molar-refractivity contribution in [2.75, 3.05) is 42.9 Å². The molecule has 1 aliphatic heterocycles. The summed E-state index contributed by atoms with van der Waals surface area (Å²) in [6.07, 6.45) is 0. The number of aromatic hydroxyl groups is 1. The molecule has 1 aliphatic rings. The number of phenolic OH excluding ortho intramolecular Hbond substituents is 1. The molecule has 0 bridgehead atoms. The molecule has 1 heterocycles. The van der Waals surface area contributed by atoms with Crippen LogP contribution in [0.4, 0.5) is 16.2 Å². The summed E-state index contributed by atoms with van der Waals surface area (Å²) in [4.78, 5) is 28.0. The maximum absolute atomic E-state index is 12.3. The van der Waals surface area contributed by atoms with Crippen molar-refractivity contribution in [3.8, 4) is 5.75 Å². The lowest BCUT2D eigenvalue weighted by Gasteiger charge is -2.36. The molecule has 1 fully saturated rings. The predicted molar refractivity (Wildman–Crippen MR) is 110 cm³/mol. The van der Waals surface area contributed by atoms with E-state index in [-0.39, 0.29) is 24.2 Å². The Morgan fingerprint density at radius 1 is 0.964 bits per heavy atom. The van der Waals surface area contributed by atoms with Gasteiger partial charge in [-0.2, -0.15) is 0 Å². The molecule has 7 nitrogen and oxygen atoms in total. The third-order valence-corrected chi connectivity index (χ3v) is 5.13. The van der Waals surface area contributed by atoms with Crippen LogP contribution in [0.2, 0.25) is 10.0 Å². The van der Waals surface area contributed by atoms with Gasteiger partial charge in [-0.15, -0.1) is 0 Å². The molecule has 2 aromatic carbocycles. The van der Waals surface area contributed by atoms with E-state index < -0.39 is 0 Å². The van der Waals surface area contributed by atoms with Crippen molar-refractivity contribution in [1.82, 2.24) is 10.2 Å². The SMILES string of the molecule is O=C(CNC(=O)N1CCN(c2ccc(Cl)c(Cl)c2)CC1)Nc1ccc(O)cc1. The van der Waals surface area contributed by atoms with Crippen molar-refractivity contribution < 1.29 is 14.7 Å². The first-order valence-electron chi connectivity index (χ1n) is 8.74. The molecule has 3 N–H and O–H groups in total. The standard InChI is InChI=1S/C19H20Cl2N4O3/c20-16-6-3-14(11-17(16)21)24-7-9-25(10-8-24)19(28)22-12-18(27)23-13-1-4-15(26)5-2-13/h1-6,11,26H,7-10,12H2,(H,22,28)(H,23,27). The average molecular weight is 423 g/mol. The normalized spacial score (nSPS) is 13.9. The average Bonchev–Trinajstić information content (AvgIpc) is 2.70. The van der Waals surface area contributed by atoms with Crippen molar-refractivity contribution >= 4 is 46.5 Å². The van der Waals surface area contributed by atoms with Crippen LogP contribution in [-0.4, -0.2) is 54.7 Å². The summed E-state index contributed by atoms with van der Waals surface area (Å²) in [5.41, 5.74) is 1.51. The van der Waals surface area contributed by atoms with Crippen LogP contribution in [0, 0.1) is 0 Å². The van der Waals surface area contributed by atoms with Gasteiger partial charge in [0.05, 0.1) is 16.6 Å². The van der Waals surface area contributed by atoms with Crippen molar-refractivity contribution in [2.45, 2.75) is 0 Å². The molecule has 1 saturated heterocycles. The summed E-state index contributed by atoms with van der Waals surface area (Å²) in [6.45, 7) is 2.25. The van der Waals surface area contributed by atoms with E-state index in [2.05, 4.69) is 15.5 Å². The number of halogens is 2. The lowest BCUT2D eigenvalue weighted by atomic mass is 10.2. The summed E-state index contributed by atoms with van der Waals surface area (Å²) in [5.74, 6) is -0.222. The Kier molecular flexibility index (Phi) is 6.49. The van der Waals surface area contributed by atoms with E-state index >= 15 is 0 Å². The number of anilines is 2. The second kappa shape index (κ2) is 9.03. The van der Waals surface area contributed by atoms with Crippen molar-refractivity contribution in [3.05, 3.63) is 52.5 Å². The van der Waals surface area contributed by atoms with Crippen LogP contribution in [0.15, 0.2) is 42.5 Å². The van der Waals surface area contributed by atoms with E-state index in [0.717, 1.165) is 5.69 Å². The van der Waals surface area contributed by atoms with Gasteiger partial charge in [-0.1, -0.05) is 23.2 Å². The molecular formula is C19H20Cl2N4O3. The molecule has 0 aromatic heterocycles. The zero-order chi connectivity index (χ0) is 20.1. The van der Waals surface area contributed by atoms with Gasteiger partial charge in [-0.3, -0.25) is 4.79 Å². The Balaban J connectivity index is 1.44. The molecule has 9 heteroatoms. The number of carbonyl (C=O) groups excluding carboxylic acids is 2. The Morgan fingerprint density at radius 2 is 1.64 bits per heavy atom. The summed E-state index contributed by atoms with van der Waals surface area (Å²) >= 11 is 12.0. The first kappa shape index (κ1) is 20.1. The lowest BCUT2D eigenvalue weighted by Crippen LogP contribution is -2.52. The minimum Gasteiger partial charge on any atom is -0.508 e. The number of hydrogen-bond donors (Lipinski definition) is 3. The molecule has 0 aliphatic carbocycles. The highest BCUT2D eigenvalue weighted by atomic mass is 35.5. The number of hydrogen-bond acceptors (Lipinski definition) is 4. The van der Waals surface area contributed by atoms with Gasteiger partial charge in [-0.05, 0) is 42.5 Å². The van der Waals surface area contributed by atoms with Gasteiger partial charge in [0.2, 0.25) is 5.91 Å². The van der Waals surface area contributed by atoms with Crippen molar-refractivity contribution in [3.63, 3.8) is 0 Å². The minimum absolute atomic E-state index is 0.117. The summed E-state index contributed by atoms with van der Waals surface area (Å²) < 4.78 is 0. The Bertz CT molecular complexity index is 853. The molecule has 0 unspecified atom stereocenters. The Labute approximate surface area is 172 Å². The van der Waals surface area contributed by atoms with Gasteiger partial charge in [0.25, 0.3) is 0 Å². The van der Waals surface area contributed by atoms with E-state index in [1.165, 1.54) is 12.1 Å². The Morgan fingerprint density at radius 3 is 2.29 bits per heavy atom. The van der Waals surface area contributed by atoms with Crippen LogP contribution in [-0.2, 0) is 4.79 Å². The van der Waals surface area contributed by atoms with Crippen LogP contribution >= 0.6 is 23.2 Å². The fourth-order valence-electron chi connectivity index (χ4n) is 2.87. The van der Waals surface area contributed by atoms with Crippen LogP contribution in [0.1, 0.15) is 0 Å². The maximum Gasteiger partial charge on any atom is 0.317 e. The van der Waals surface area contributed by atoms with E-state index in [1.54, 1.807) is 23.1 Å². The van der Waals surface area contributed by atoms with E-state index in [0.29, 0.717) is 41.9 Å². The zero-order valence-electron chi connectivity index (χ0n) is 15.0. The number of nitrogens with one attached hydrogen (secondary N) is 2. The minimum atomic E-state index is -0.339. The van der Waals surface area contributed by atoms with E-state index in [1.807, 2.05) is 12.1 Å². The summed E-state index contributed by atoms with van der Waals surface area (Å²) in [7, 11) is 0. The highest BCUT2D eigenvalue weighted by Gasteiger charge is 2.22. The predicted octanol–water partition coefficient (Wildman–Crippen LogP) is 3.17. The number of nitrogens with zero attached hydrogens (tertiary/aromatic N) is 2. The van der Waals surface area contributed by atoms with Gasteiger partial charge >= 0.3 is 6.03 Å². The summed E-state index contributed by atoms with van der Waals surface area (Å²) in [5, 5.41) is 15.5. The van der Waals surface area contributed by atoms with Crippen molar-refractivity contribution in [1.29, 1.82) is 0 Å². The number of amides is 3. The summed E-state index contributed by atoms with van der Waals surface area (Å²) in [6, 6.07) is 11.3. The number of carbonyl (C=O) groups is 2. The number of benzene rings is 2. The highest BCUT2D eigenvalue weighted by Crippen LogP contribution is 2.27.